The summed E-state index contributed by atoms with van der Waals surface area (Å²) in [5.41, 5.74) is 3.13. The number of imidazole rings is 1. The average molecular weight is 401 g/mol. The van der Waals surface area contributed by atoms with Gasteiger partial charge in [-0.3, -0.25) is 14.3 Å². The van der Waals surface area contributed by atoms with Crippen LogP contribution in [0.1, 0.15) is 13.5 Å². The zero-order chi connectivity index (χ0) is 20.5. The fourth-order valence-corrected chi connectivity index (χ4v) is 3.60. The summed E-state index contributed by atoms with van der Waals surface area (Å²) in [6.07, 6.45) is 2.52. The van der Waals surface area contributed by atoms with Gasteiger partial charge in [-0.25, -0.2) is 4.98 Å². The summed E-state index contributed by atoms with van der Waals surface area (Å²) in [5, 5.41) is 0. The van der Waals surface area contributed by atoms with Crippen LogP contribution >= 0.6 is 0 Å². The highest BCUT2D eigenvalue weighted by Crippen LogP contribution is 2.34. The third kappa shape index (κ3) is 3.59. The van der Waals surface area contributed by atoms with Crippen LogP contribution in [0.2, 0.25) is 0 Å². The highest BCUT2D eigenvalue weighted by atomic mass is 19.3. The van der Waals surface area contributed by atoms with E-state index < -0.39 is 6.55 Å². The van der Waals surface area contributed by atoms with Gasteiger partial charge in [0.2, 0.25) is 5.91 Å². The maximum atomic E-state index is 13.0. The number of hydrogen-bond donors (Lipinski definition) is 0. The molecule has 1 aliphatic heterocycles. The summed E-state index contributed by atoms with van der Waals surface area (Å²) in [6, 6.07) is 7.45. The van der Waals surface area contributed by atoms with Crippen molar-refractivity contribution in [3.63, 3.8) is 0 Å². The van der Waals surface area contributed by atoms with Crippen LogP contribution in [0.25, 0.3) is 22.3 Å². The Balaban J connectivity index is 1.61. The Kier molecular flexibility index (Phi) is 5.04. The van der Waals surface area contributed by atoms with Crippen LogP contribution in [0.5, 0.6) is 5.75 Å². The topological polar surface area (TPSA) is 63.5 Å². The Hall–Kier alpha value is -3.23. The third-order valence-corrected chi connectivity index (χ3v) is 5.21. The van der Waals surface area contributed by atoms with E-state index in [1.807, 2.05) is 23.1 Å². The molecule has 1 aliphatic rings. The molecule has 3 heterocycles. The molecule has 9 heteroatoms. The van der Waals surface area contributed by atoms with Crippen LogP contribution in [0.15, 0.2) is 36.8 Å². The lowest BCUT2D eigenvalue weighted by Gasteiger charge is -2.36. The van der Waals surface area contributed by atoms with E-state index in [4.69, 9.17) is 4.74 Å². The van der Waals surface area contributed by atoms with Crippen LogP contribution in [0, 0.1) is 0 Å². The maximum Gasteiger partial charge on any atom is 0.320 e. The van der Waals surface area contributed by atoms with Crippen molar-refractivity contribution in [2.75, 3.05) is 38.2 Å². The first-order chi connectivity index (χ1) is 14.0. The van der Waals surface area contributed by atoms with Gasteiger partial charge in [0.15, 0.2) is 0 Å². The first-order valence-corrected chi connectivity index (χ1v) is 9.27. The molecular formula is C20H21F2N5O2. The molecule has 1 amide bonds. The van der Waals surface area contributed by atoms with Gasteiger partial charge in [-0.15, -0.1) is 0 Å². The number of fused-ring (bicyclic) bond motifs is 1. The number of hydrogen-bond acceptors (Lipinski definition) is 5. The van der Waals surface area contributed by atoms with Gasteiger partial charge in [-0.1, -0.05) is 6.07 Å². The molecule has 152 valence electrons. The van der Waals surface area contributed by atoms with Crippen molar-refractivity contribution in [1.82, 2.24) is 19.4 Å². The molecule has 0 aliphatic carbocycles. The number of piperazine rings is 1. The van der Waals surface area contributed by atoms with E-state index >= 15 is 0 Å². The molecule has 0 unspecified atom stereocenters. The molecule has 0 bridgehead atoms. The smallest absolute Gasteiger partial charge is 0.320 e. The number of methoxy groups -OCH3 is 1. The summed E-state index contributed by atoms with van der Waals surface area (Å²) in [4.78, 5) is 23.9. The maximum absolute atomic E-state index is 13.0. The van der Waals surface area contributed by atoms with E-state index in [1.165, 1.54) is 6.20 Å². The molecular weight excluding hydrogens is 380 g/mol. The largest absolute Gasteiger partial charge is 0.495 e. The average Bonchev–Trinajstić information content (AvgIpc) is 3.17. The Morgan fingerprint density at radius 2 is 1.90 bits per heavy atom. The van der Waals surface area contributed by atoms with Crippen molar-refractivity contribution in [1.29, 1.82) is 0 Å². The number of carbonyl (C=O) groups excluding carboxylic acids is 1. The van der Waals surface area contributed by atoms with Crippen molar-refractivity contribution < 1.29 is 18.3 Å². The van der Waals surface area contributed by atoms with Gasteiger partial charge in [0, 0.05) is 38.7 Å². The first-order valence-electron chi connectivity index (χ1n) is 9.27. The predicted octanol–water partition coefficient (Wildman–Crippen LogP) is 3.17. The summed E-state index contributed by atoms with van der Waals surface area (Å²) < 4.78 is 32.4. The van der Waals surface area contributed by atoms with Crippen LogP contribution in [0.4, 0.5) is 14.5 Å². The summed E-state index contributed by atoms with van der Waals surface area (Å²) in [5.74, 6) is 0.779. The van der Waals surface area contributed by atoms with E-state index in [-0.39, 0.29) is 11.4 Å². The molecule has 1 fully saturated rings. The van der Waals surface area contributed by atoms with Crippen LogP contribution in [-0.2, 0) is 4.79 Å². The highest BCUT2D eigenvalue weighted by molar-refractivity contribution is 5.80. The number of halogens is 2. The van der Waals surface area contributed by atoms with Gasteiger partial charge in [-0.05, 0) is 18.2 Å². The molecule has 0 atom stereocenters. The van der Waals surface area contributed by atoms with Gasteiger partial charge in [0.05, 0.1) is 35.7 Å². The second-order valence-electron chi connectivity index (χ2n) is 6.87. The molecule has 3 aromatic rings. The second-order valence-corrected chi connectivity index (χ2v) is 6.87. The van der Waals surface area contributed by atoms with E-state index in [9.17, 15) is 13.6 Å². The fraction of sp³-hybridized carbons (Fsp3) is 0.350. The van der Waals surface area contributed by atoms with Crippen LogP contribution in [0.3, 0.4) is 0 Å². The number of rotatable bonds is 4. The monoisotopic (exact) mass is 401 g/mol. The molecule has 4 rings (SSSR count). The van der Waals surface area contributed by atoms with E-state index in [2.05, 4.69) is 14.9 Å². The Morgan fingerprint density at radius 3 is 2.55 bits per heavy atom. The van der Waals surface area contributed by atoms with E-state index in [0.717, 1.165) is 35.2 Å². The van der Waals surface area contributed by atoms with E-state index in [1.54, 1.807) is 20.1 Å². The molecule has 7 nitrogen and oxygen atoms in total. The Bertz CT molecular complexity index is 1040. The number of anilines is 1. The highest BCUT2D eigenvalue weighted by Gasteiger charge is 2.21. The number of pyridine rings is 1. The number of nitrogens with zero attached hydrogens (tertiary/aromatic N) is 5. The van der Waals surface area contributed by atoms with Gasteiger partial charge in [-0.2, -0.15) is 8.78 Å². The molecule has 0 spiro atoms. The summed E-state index contributed by atoms with van der Waals surface area (Å²) in [7, 11) is 1.61. The lowest BCUT2D eigenvalue weighted by atomic mass is 10.1. The quantitative estimate of drug-likeness (QED) is 0.672. The Labute approximate surface area is 166 Å². The minimum atomic E-state index is -2.66. The van der Waals surface area contributed by atoms with Crippen molar-refractivity contribution in [3.8, 4) is 17.0 Å². The molecule has 2 aromatic heterocycles. The van der Waals surface area contributed by atoms with Crippen LogP contribution in [-0.4, -0.2) is 58.6 Å². The molecule has 0 N–H and O–H groups in total. The van der Waals surface area contributed by atoms with Gasteiger partial charge in [0.1, 0.15) is 12.1 Å². The molecule has 1 aromatic carbocycles. The molecule has 0 saturated carbocycles. The number of alkyl halides is 2. The minimum absolute atomic E-state index is 0.0858. The first kappa shape index (κ1) is 19.1. The number of aromatic nitrogens is 3. The predicted molar refractivity (Wildman–Crippen MR) is 105 cm³/mol. The number of carbonyl (C=O) groups is 1. The second kappa shape index (κ2) is 7.65. The van der Waals surface area contributed by atoms with Crippen LogP contribution < -0.4 is 9.64 Å². The molecule has 29 heavy (non-hydrogen) atoms. The lowest BCUT2D eigenvalue weighted by molar-refractivity contribution is -0.129. The summed E-state index contributed by atoms with van der Waals surface area (Å²) in [6.45, 7) is 1.72. The zero-order valence-corrected chi connectivity index (χ0v) is 16.2. The third-order valence-electron chi connectivity index (χ3n) is 5.21. The number of ether oxygens (including phenoxy) is 1. The number of amides is 1. The SMILES string of the molecule is COc1cc(-c2cc3ncn(C(F)F)c3cn2)ccc1N1CCN(C(C)=O)CC1. The van der Waals surface area contributed by atoms with Gasteiger partial charge >= 0.3 is 6.55 Å². The minimum Gasteiger partial charge on any atom is -0.495 e. The zero-order valence-electron chi connectivity index (χ0n) is 16.2. The van der Waals surface area contributed by atoms with Gasteiger partial charge in [0.25, 0.3) is 0 Å². The normalized spacial score (nSPS) is 14.7. The standard InChI is InChI=1S/C20H21F2N5O2/c1-13(28)25-5-7-26(8-6-25)17-4-3-14(9-19(17)29-2)15-10-16-18(11-23-15)27(12-24-16)20(21)22/h3-4,9-12,20H,5-8H2,1-2H3. The van der Waals surface area contributed by atoms with Crippen molar-refractivity contribution in [3.05, 3.63) is 36.8 Å². The van der Waals surface area contributed by atoms with Crippen molar-refractivity contribution >= 4 is 22.6 Å². The molecule has 1 saturated heterocycles. The molecule has 0 radical (unpaired) electrons. The van der Waals surface area contributed by atoms with Crippen molar-refractivity contribution in [2.24, 2.45) is 0 Å². The van der Waals surface area contributed by atoms with E-state index in [0.29, 0.717) is 30.0 Å². The van der Waals surface area contributed by atoms with Gasteiger partial charge < -0.3 is 14.5 Å². The van der Waals surface area contributed by atoms with Crippen molar-refractivity contribution in [2.45, 2.75) is 13.5 Å². The Morgan fingerprint density at radius 1 is 1.14 bits per heavy atom. The number of benzene rings is 1. The summed E-state index contributed by atoms with van der Waals surface area (Å²) >= 11 is 0. The fourth-order valence-electron chi connectivity index (χ4n) is 3.60. The lowest BCUT2D eigenvalue weighted by Crippen LogP contribution is -2.48.